The fourth-order valence-electron chi connectivity index (χ4n) is 3.60. The Labute approximate surface area is 171 Å². The van der Waals surface area contributed by atoms with Gasteiger partial charge >= 0.3 is 0 Å². The number of ether oxygens (including phenoxy) is 1. The van der Waals surface area contributed by atoms with Crippen LogP contribution < -0.4 is 4.74 Å². The van der Waals surface area contributed by atoms with Gasteiger partial charge in [0, 0.05) is 6.42 Å². The van der Waals surface area contributed by atoms with Crippen molar-refractivity contribution in [2.45, 2.75) is 32.9 Å². The quantitative estimate of drug-likeness (QED) is 0.501. The molecule has 0 radical (unpaired) electrons. The Balaban J connectivity index is 1.56. The van der Waals surface area contributed by atoms with E-state index in [0.717, 1.165) is 34.6 Å². The average Bonchev–Trinajstić information content (AvgIpc) is 3.05. The van der Waals surface area contributed by atoms with E-state index in [1.54, 1.807) is 0 Å². The molecule has 4 rings (SSSR count). The molecule has 1 heterocycles. The van der Waals surface area contributed by atoms with E-state index in [0.29, 0.717) is 6.54 Å². The number of hydrogen-bond donors (Lipinski definition) is 1. The summed E-state index contributed by atoms with van der Waals surface area (Å²) in [7, 11) is 0. The molecule has 0 bridgehead atoms. The number of nitrogens with zero attached hydrogens (tertiary/aromatic N) is 2. The molecule has 1 N–H and O–H groups in total. The van der Waals surface area contributed by atoms with Crippen LogP contribution in [-0.4, -0.2) is 27.4 Å². The van der Waals surface area contributed by atoms with Crippen LogP contribution in [0.2, 0.25) is 0 Å². The van der Waals surface area contributed by atoms with E-state index in [2.05, 4.69) is 35.8 Å². The first-order valence-corrected chi connectivity index (χ1v) is 9.96. The Morgan fingerprint density at radius 2 is 1.76 bits per heavy atom. The van der Waals surface area contributed by atoms with Crippen LogP contribution >= 0.6 is 0 Å². The van der Waals surface area contributed by atoms with Gasteiger partial charge in [0.1, 0.15) is 24.3 Å². The third kappa shape index (κ3) is 4.49. The molecule has 3 aromatic carbocycles. The monoisotopic (exact) mass is 386 g/mol. The molecular formula is C25H26N2O2. The Hall–Kier alpha value is -3.11. The van der Waals surface area contributed by atoms with Gasteiger partial charge in [-0.3, -0.25) is 0 Å². The molecular weight excluding hydrogens is 360 g/mol. The van der Waals surface area contributed by atoms with Gasteiger partial charge in [0.05, 0.1) is 17.6 Å². The number of rotatable bonds is 7. The highest BCUT2D eigenvalue weighted by Crippen LogP contribution is 2.21. The number of benzene rings is 3. The van der Waals surface area contributed by atoms with Crippen LogP contribution in [0.25, 0.3) is 11.0 Å². The molecule has 4 aromatic rings. The number of aliphatic hydroxyl groups is 1. The molecule has 0 aliphatic rings. The normalized spacial score (nSPS) is 12.2. The van der Waals surface area contributed by atoms with Gasteiger partial charge in [-0.25, -0.2) is 4.98 Å². The Morgan fingerprint density at radius 1 is 0.966 bits per heavy atom. The smallest absolute Gasteiger partial charge is 0.119 e. The molecule has 0 aliphatic carbocycles. The lowest BCUT2D eigenvalue weighted by atomic mass is 10.1. The molecule has 0 saturated heterocycles. The second-order valence-electron chi connectivity index (χ2n) is 7.51. The summed E-state index contributed by atoms with van der Waals surface area (Å²) >= 11 is 0. The molecule has 0 saturated carbocycles. The predicted molar refractivity (Wildman–Crippen MR) is 116 cm³/mol. The lowest BCUT2D eigenvalue weighted by molar-refractivity contribution is 0.0928. The van der Waals surface area contributed by atoms with Gasteiger partial charge in [-0.05, 0) is 54.8 Å². The van der Waals surface area contributed by atoms with Gasteiger partial charge in [-0.15, -0.1) is 0 Å². The number of fused-ring (bicyclic) bond motifs is 1. The molecule has 4 nitrogen and oxygen atoms in total. The minimum atomic E-state index is -0.635. The first-order valence-electron chi connectivity index (χ1n) is 9.96. The van der Waals surface area contributed by atoms with Crippen LogP contribution in [0.5, 0.6) is 5.75 Å². The third-order valence-electron chi connectivity index (χ3n) is 5.17. The van der Waals surface area contributed by atoms with Crippen molar-refractivity contribution in [1.29, 1.82) is 0 Å². The standard InChI is InChI=1S/C25H26N2O2/c1-18-8-7-11-22(14-18)29-17-21(28)16-27-24-13-6-5-12-23(24)26-25(27)15-20-10-4-3-9-19(20)2/h3-14,21,28H,15-17H2,1-2H3/t21-/m0/s1. The number of para-hydroxylation sites is 2. The molecule has 0 aliphatic heterocycles. The first-order chi connectivity index (χ1) is 14.1. The van der Waals surface area contributed by atoms with E-state index in [1.165, 1.54) is 11.1 Å². The van der Waals surface area contributed by atoms with Crippen molar-refractivity contribution in [3.63, 3.8) is 0 Å². The minimum absolute atomic E-state index is 0.236. The van der Waals surface area contributed by atoms with Crippen molar-refractivity contribution >= 4 is 11.0 Å². The summed E-state index contributed by atoms with van der Waals surface area (Å²) in [4.78, 5) is 4.84. The van der Waals surface area contributed by atoms with Crippen LogP contribution in [0.1, 0.15) is 22.5 Å². The van der Waals surface area contributed by atoms with Crippen molar-refractivity contribution in [3.05, 3.63) is 95.3 Å². The second kappa shape index (κ2) is 8.50. The lowest BCUT2D eigenvalue weighted by Crippen LogP contribution is -2.24. The summed E-state index contributed by atoms with van der Waals surface area (Å²) < 4.78 is 7.92. The SMILES string of the molecule is Cc1cccc(OC[C@@H](O)Cn2c(Cc3ccccc3C)nc3ccccc32)c1. The summed E-state index contributed by atoms with van der Waals surface area (Å²) in [6.07, 6.45) is 0.0936. The molecule has 0 spiro atoms. The van der Waals surface area contributed by atoms with E-state index < -0.39 is 6.10 Å². The fraction of sp³-hybridized carbons (Fsp3) is 0.240. The summed E-state index contributed by atoms with van der Waals surface area (Å²) in [5, 5.41) is 10.7. The summed E-state index contributed by atoms with van der Waals surface area (Å²) in [5.74, 6) is 1.73. The van der Waals surface area contributed by atoms with Crippen LogP contribution in [-0.2, 0) is 13.0 Å². The molecule has 29 heavy (non-hydrogen) atoms. The highest BCUT2D eigenvalue weighted by Gasteiger charge is 2.16. The fourth-order valence-corrected chi connectivity index (χ4v) is 3.60. The third-order valence-corrected chi connectivity index (χ3v) is 5.17. The van der Waals surface area contributed by atoms with Gasteiger partial charge in [-0.2, -0.15) is 0 Å². The molecule has 0 unspecified atom stereocenters. The number of hydrogen-bond acceptors (Lipinski definition) is 3. The summed E-state index contributed by atoms with van der Waals surface area (Å²) in [6.45, 7) is 4.82. The minimum Gasteiger partial charge on any atom is -0.491 e. The number of aromatic nitrogens is 2. The number of aryl methyl sites for hydroxylation is 2. The van der Waals surface area contributed by atoms with Crippen LogP contribution in [0.4, 0.5) is 0 Å². The van der Waals surface area contributed by atoms with E-state index in [-0.39, 0.29) is 6.61 Å². The molecule has 1 aromatic heterocycles. The van der Waals surface area contributed by atoms with Gasteiger partial charge < -0.3 is 14.4 Å². The van der Waals surface area contributed by atoms with Gasteiger partial charge in [-0.1, -0.05) is 48.5 Å². The van der Waals surface area contributed by atoms with Gasteiger partial charge in [0.2, 0.25) is 0 Å². The Kier molecular flexibility index (Phi) is 5.63. The second-order valence-corrected chi connectivity index (χ2v) is 7.51. The van der Waals surface area contributed by atoms with E-state index in [1.807, 2.05) is 55.5 Å². The predicted octanol–water partition coefficient (Wildman–Crippen LogP) is 4.68. The zero-order valence-corrected chi connectivity index (χ0v) is 16.9. The summed E-state index contributed by atoms with van der Waals surface area (Å²) in [6, 6.07) is 24.3. The van der Waals surface area contributed by atoms with E-state index >= 15 is 0 Å². The topological polar surface area (TPSA) is 47.3 Å². The van der Waals surface area contributed by atoms with Gasteiger partial charge in [0.25, 0.3) is 0 Å². The van der Waals surface area contributed by atoms with Crippen LogP contribution in [0, 0.1) is 13.8 Å². The zero-order valence-electron chi connectivity index (χ0n) is 16.9. The average molecular weight is 386 g/mol. The molecule has 0 fully saturated rings. The van der Waals surface area contributed by atoms with Crippen molar-refractivity contribution in [2.75, 3.05) is 6.61 Å². The van der Waals surface area contributed by atoms with Gasteiger partial charge in [0.15, 0.2) is 0 Å². The Bertz CT molecular complexity index is 1120. The van der Waals surface area contributed by atoms with Crippen molar-refractivity contribution in [2.24, 2.45) is 0 Å². The Morgan fingerprint density at radius 3 is 2.59 bits per heavy atom. The van der Waals surface area contributed by atoms with Crippen LogP contribution in [0.15, 0.2) is 72.8 Å². The van der Waals surface area contributed by atoms with Crippen molar-refractivity contribution in [1.82, 2.24) is 9.55 Å². The molecule has 4 heteroatoms. The molecule has 148 valence electrons. The highest BCUT2D eigenvalue weighted by molar-refractivity contribution is 5.76. The van der Waals surface area contributed by atoms with Crippen molar-refractivity contribution < 1.29 is 9.84 Å². The maximum absolute atomic E-state index is 10.7. The molecule has 1 atom stereocenters. The van der Waals surface area contributed by atoms with E-state index in [9.17, 15) is 5.11 Å². The van der Waals surface area contributed by atoms with Crippen LogP contribution in [0.3, 0.4) is 0 Å². The number of aliphatic hydroxyl groups excluding tert-OH is 1. The van der Waals surface area contributed by atoms with E-state index in [4.69, 9.17) is 9.72 Å². The molecule has 0 amide bonds. The summed E-state index contributed by atoms with van der Waals surface area (Å²) in [5.41, 5.74) is 5.61. The van der Waals surface area contributed by atoms with Crippen molar-refractivity contribution in [3.8, 4) is 5.75 Å². The number of imidazole rings is 1. The largest absolute Gasteiger partial charge is 0.491 e. The lowest BCUT2D eigenvalue weighted by Gasteiger charge is -2.16. The maximum atomic E-state index is 10.7. The zero-order chi connectivity index (χ0) is 20.2. The first kappa shape index (κ1) is 19.2. The highest BCUT2D eigenvalue weighted by atomic mass is 16.5. The maximum Gasteiger partial charge on any atom is 0.119 e.